The van der Waals surface area contributed by atoms with E-state index in [0.717, 1.165) is 22.8 Å². The molecule has 0 N–H and O–H groups in total. The van der Waals surface area contributed by atoms with Gasteiger partial charge in [0.15, 0.2) is 11.5 Å². The van der Waals surface area contributed by atoms with Gasteiger partial charge in [-0.1, -0.05) is 36.4 Å². The van der Waals surface area contributed by atoms with Crippen molar-refractivity contribution in [2.45, 2.75) is 6.92 Å². The van der Waals surface area contributed by atoms with Crippen LogP contribution in [-0.2, 0) is 4.74 Å². The lowest BCUT2D eigenvalue weighted by atomic mass is 10.2. The van der Waals surface area contributed by atoms with E-state index in [0.29, 0.717) is 26.4 Å². The molecule has 0 saturated heterocycles. The van der Waals surface area contributed by atoms with Crippen molar-refractivity contribution in [2.75, 3.05) is 33.5 Å². The monoisotopic (exact) mass is 328 g/mol. The molecule has 0 aliphatic rings. The summed E-state index contributed by atoms with van der Waals surface area (Å²) in [6.07, 6.45) is 4.00. The second-order valence-corrected chi connectivity index (χ2v) is 5.03. The number of rotatable bonds is 10. The lowest BCUT2D eigenvalue weighted by Gasteiger charge is -2.12. The van der Waals surface area contributed by atoms with Crippen LogP contribution in [0.4, 0.5) is 0 Å². The molecule has 0 saturated carbocycles. The molecule has 0 fully saturated rings. The Morgan fingerprint density at radius 1 is 0.833 bits per heavy atom. The van der Waals surface area contributed by atoms with Crippen LogP contribution in [0.2, 0.25) is 0 Å². The molecule has 0 aliphatic heterocycles. The summed E-state index contributed by atoms with van der Waals surface area (Å²) in [6.45, 7) is 3.99. The maximum Gasteiger partial charge on any atom is 0.161 e. The fourth-order valence-electron chi connectivity index (χ4n) is 2.15. The molecule has 0 spiro atoms. The Morgan fingerprint density at radius 2 is 1.58 bits per heavy atom. The molecule has 0 aromatic heterocycles. The van der Waals surface area contributed by atoms with Gasteiger partial charge in [-0.15, -0.1) is 0 Å². The molecule has 2 aromatic carbocycles. The molecule has 0 amide bonds. The third-order valence-corrected chi connectivity index (χ3v) is 3.27. The molecular weight excluding hydrogens is 304 g/mol. The predicted octanol–water partition coefficient (Wildman–Crippen LogP) is 4.20. The van der Waals surface area contributed by atoms with E-state index in [1.807, 2.05) is 67.6 Å². The van der Waals surface area contributed by atoms with Gasteiger partial charge in [0.1, 0.15) is 19.0 Å². The summed E-state index contributed by atoms with van der Waals surface area (Å²) in [5, 5.41) is 0. The summed E-state index contributed by atoms with van der Waals surface area (Å²) in [5.41, 5.74) is 1.08. The zero-order valence-electron chi connectivity index (χ0n) is 14.2. The molecule has 4 heteroatoms. The highest BCUT2D eigenvalue weighted by Crippen LogP contribution is 2.28. The number of para-hydroxylation sites is 1. The van der Waals surface area contributed by atoms with Crippen LogP contribution in [-0.4, -0.2) is 33.5 Å². The second-order valence-electron chi connectivity index (χ2n) is 5.03. The highest BCUT2D eigenvalue weighted by Gasteiger charge is 2.04. The van der Waals surface area contributed by atoms with Crippen molar-refractivity contribution >= 4 is 6.08 Å². The smallest absolute Gasteiger partial charge is 0.161 e. The van der Waals surface area contributed by atoms with Gasteiger partial charge in [-0.05, 0) is 36.8 Å². The van der Waals surface area contributed by atoms with E-state index >= 15 is 0 Å². The quantitative estimate of drug-likeness (QED) is 0.613. The number of hydrogen-bond acceptors (Lipinski definition) is 4. The van der Waals surface area contributed by atoms with E-state index in [2.05, 4.69) is 0 Å². The maximum atomic E-state index is 5.71. The van der Waals surface area contributed by atoms with E-state index in [1.54, 1.807) is 7.11 Å². The van der Waals surface area contributed by atoms with Crippen LogP contribution in [0.25, 0.3) is 6.08 Å². The van der Waals surface area contributed by atoms with E-state index in [4.69, 9.17) is 18.9 Å². The molecule has 4 nitrogen and oxygen atoms in total. The summed E-state index contributed by atoms with van der Waals surface area (Å²) < 4.78 is 22.1. The van der Waals surface area contributed by atoms with Crippen LogP contribution in [0.3, 0.4) is 0 Å². The topological polar surface area (TPSA) is 36.9 Å². The SMILES string of the molecule is CC=Cc1ccc(OCCOCCOc2ccccc2)c(OC)c1. The predicted molar refractivity (Wildman–Crippen MR) is 96.0 cm³/mol. The zero-order valence-corrected chi connectivity index (χ0v) is 14.2. The summed E-state index contributed by atoms with van der Waals surface area (Å²) in [7, 11) is 1.64. The van der Waals surface area contributed by atoms with Crippen LogP contribution in [0.5, 0.6) is 17.2 Å². The average molecular weight is 328 g/mol. The fourth-order valence-corrected chi connectivity index (χ4v) is 2.15. The van der Waals surface area contributed by atoms with Crippen LogP contribution >= 0.6 is 0 Å². The number of benzene rings is 2. The van der Waals surface area contributed by atoms with Gasteiger partial charge in [-0.3, -0.25) is 0 Å². The normalized spacial score (nSPS) is 10.8. The first-order valence-corrected chi connectivity index (χ1v) is 8.02. The molecule has 24 heavy (non-hydrogen) atoms. The molecule has 0 heterocycles. The largest absolute Gasteiger partial charge is 0.493 e. The van der Waals surface area contributed by atoms with Crippen molar-refractivity contribution < 1.29 is 18.9 Å². The van der Waals surface area contributed by atoms with Gasteiger partial charge in [0.05, 0.1) is 20.3 Å². The molecule has 2 aromatic rings. The highest BCUT2D eigenvalue weighted by molar-refractivity contribution is 5.55. The van der Waals surface area contributed by atoms with Crippen molar-refractivity contribution in [2.24, 2.45) is 0 Å². The second kappa shape index (κ2) is 10.3. The van der Waals surface area contributed by atoms with Crippen LogP contribution < -0.4 is 14.2 Å². The number of hydrogen-bond donors (Lipinski definition) is 0. The van der Waals surface area contributed by atoms with E-state index in [-0.39, 0.29) is 0 Å². The minimum atomic E-state index is 0.463. The van der Waals surface area contributed by atoms with E-state index < -0.39 is 0 Å². The molecule has 2 rings (SSSR count). The number of ether oxygens (including phenoxy) is 4. The third-order valence-electron chi connectivity index (χ3n) is 3.27. The van der Waals surface area contributed by atoms with Gasteiger partial charge in [0.25, 0.3) is 0 Å². The highest BCUT2D eigenvalue weighted by atomic mass is 16.6. The number of allylic oxidation sites excluding steroid dienone is 1. The molecule has 128 valence electrons. The third kappa shape index (κ3) is 5.97. The zero-order chi connectivity index (χ0) is 17.0. The first-order chi connectivity index (χ1) is 11.8. The molecule has 0 radical (unpaired) electrons. The van der Waals surface area contributed by atoms with Gasteiger partial charge in [0, 0.05) is 0 Å². The summed E-state index contributed by atoms with van der Waals surface area (Å²) in [4.78, 5) is 0. The van der Waals surface area contributed by atoms with E-state index in [1.165, 1.54) is 0 Å². The molecular formula is C20H24O4. The first kappa shape index (κ1) is 17.9. The molecule has 0 unspecified atom stereocenters. The lowest BCUT2D eigenvalue weighted by Crippen LogP contribution is -2.12. The van der Waals surface area contributed by atoms with Crippen molar-refractivity contribution in [1.29, 1.82) is 0 Å². The number of methoxy groups -OCH3 is 1. The van der Waals surface area contributed by atoms with Gasteiger partial charge < -0.3 is 18.9 Å². The Balaban J connectivity index is 1.65. The summed E-state index contributed by atoms with van der Waals surface area (Å²) in [5.74, 6) is 2.29. The standard InChI is InChI=1S/C20H24O4/c1-3-7-17-10-11-19(20(16-17)21-2)24-15-13-22-12-14-23-18-8-5-4-6-9-18/h3-11,16H,12-15H2,1-2H3. The van der Waals surface area contributed by atoms with Gasteiger partial charge in [0.2, 0.25) is 0 Å². The van der Waals surface area contributed by atoms with Crippen LogP contribution in [0.15, 0.2) is 54.6 Å². The lowest BCUT2D eigenvalue weighted by molar-refractivity contribution is 0.0757. The minimum absolute atomic E-state index is 0.463. The van der Waals surface area contributed by atoms with Gasteiger partial charge in [-0.25, -0.2) is 0 Å². The summed E-state index contributed by atoms with van der Waals surface area (Å²) in [6, 6.07) is 15.5. The maximum absolute atomic E-state index is 5.71. The Labute approximate surface area is 143 Å². The van der Waals surface area contributed by atoms with Crippen molar-refractivity contribution in [3.8, 4) is 17.2 Å². The fraction of sp³-hybridized carbons (Fsp3) is 0.300. The molecule has 0 atom stereocenters. The van der Waals surface area contributed by atoms with Crippen molar-refractivity contribution in [3.05, 3.63) is 60.2 Å². The Hall–Kier alpha value is -2.46. The van der Waals surface area contributed by atoms with Gasteiger partial charge in [-0.2, -0.15) is 0 Å². The molecule has 0 bridgehead atoms. The van der Waals surface area contributed by atoms with Crippen LogP contribution in [0.1, 0.15) is 12.5 Å². The van der Waals surface area contributed by atoms with E-state index in [9.17, 15) is 0 Å². The van der Waals surface area contributed by atoms with Crippen LogP contribution in [0, 0.1) is 0 Å². The molecule has 0 aliphatic carbocycles. The van der Waals surface area contributed by atoms with Crippen molar-refractivity contribution in [1.82, 2.24) is 0 Å². The average Bonchev–Trinajstić information content (AvgIpc) is 2.63. The Bertz CT molecular complexity index is 623. The minimum Gasteiger partial charge on any atom is -0.493 e. The first-order valence-electron chi connectivity index (χ1n) is 8.02. The van der Waals surface area contributed by atoms with Crippen molar-refractivity contribution in [3.63, 3.8) is 0 Å². The summed E-state index contributed by atoms with van der Waals surface area (Å²) >= 11 is 0. The van der Waals surface area contributed by atoms with Gasteiger partial charge >= 0.3 is 0 Å². The Morgan fingerprint density at radius 3 is 2.29 bits per heavy atom. The Kier molecular flexibility index (Phi) is 7.71.